The molecule has 2 rings (SSSR count). The van der Waals surface area contributed by atoms with Crippen molar-refractivity contribution in [3.63, 3.8) is 0 Å². The predicted octanol–water partition coefficient (Wildman–Crippen LogP) is 7.75. The van der Waals surface area contributed by atoms with Crippen molar-refractivity contribution in [2.45, 2.75) is 110 Å². The van der Waals surface area contributed by atoms with E-state index in [2.05, 4.69) is 74.4 Å². The lowest BCUT2D eigenvalue weighted by atomic mass is 9.82. The molecule has 164 valence electrons. The van der Waals surface area contributed by atoms with Gasteiger partial charge in [-0.05, 0) is 65.7 Å². The minimum absolute atomic E-state index is 0.110. The zero-order valence-electron chi connectivity index (χ0n) is 20.1. The quantitative estimate of drug-likeness (QED) is 0.421. The molecule has 1 saturated carbocycles. The molecule has 0 N–H and O–H groups in total. The van der Waals surface area contributed by atoms with Crippen LogP contribution in [0, 0.1) is 11.8 Å². The van der Waals surface area contributed by atoms with Gasteiger partial charge in [-0.15, -0.1) is 11.6 Å². The minimum atomic E-state index is -0.947. The first-order valence-electron chi connectivity index (χ1n) is 11.3. The predicted molar refractivity (Wildman–Crippen MR) is 124 cm³/mol. The van der Waals surface area contributed by atoms with Crippen molar-refractivity contribution < 1.29 is 9.53 Å². The van der Waals surface area contributed by atoms with Gasteiger partial charge in [0.25, 0.3) is 0 Å². The van der Waals surface area contributed by atoms with Crippen molar-refractivity contribution in [3.05, 3.63) is 34.4 Å². The molecule has 0 spiro atoms. The summed E-state index contributed by atoms with van der Waals surface area (Å²) >= 11 is 6.75. The van der Waals surface area contributed by atoms with Gasteiger partial charge in [-0.1, -0.05) is 67.5 Å². The van der Waals surface area contributed by atoms with E-state index in [9.17, 15) is 4.79 Å². The monoisotopic (exact) mass is 420 g/mol. The van der Waals surface area contributed by atoms with Crippen LogP contribution in [0.5, 0.6) is 0 Å². The van der Waals surface area contributed by atoms with Crippen LogP contribution in [-0.4, -0.2) is 16.8 Å². The fraction of sp³-hybridized carbons (Fsp3) is 0.731. The molecule has 0 amide bonds. The fourth-order valence-electron chi connectivity index (χ4n) is 4.66. The Balaban J connectivity index is 2.53. The number of halogens is 1. The summed E-state index contributed by atoms with van der Waals surface area (Å²) in [6.07, 6.45) is 0.132. The third-order valence-corrected chi connectivity index (χ3v) is 7.11. The van der Waals surface area contributed by atoms with E-state index in [0.717, 1.165) is 0 Å². The van der Waals surface area contributed by atoms with Crippen LogP contribution < -0.4 is 0 Å². The van der Waals surface area contributed by atoms with Gasteiger partial charge in [0.15, 0.2) is 5.78 Å². The highest BCUT2D eigenvalue weighted by molar-refractivity contribution is 6.36. The number of Topliss-reactive ketones (excluding diaryl/α,β-unsaturated/α-hetero) is 1. The summed E-state index contributed by atoms with van der Waals surface area (Å²) in [7, 11) is 0. The second-order valence-electron chi connectivity index (χ2n) is 10.4. The van der Waals surface area contributed by atoms with E-state index in [-0.39, 0.29) is 23.9 Å². The number of ether oxygens (including phenoxy) is 1. The lowest BCUT2D eigenvalue weighted by Crippen LogP contribution is -2.40. The van der Waals surface area contributed by atoms with Gasteiger partial charge in [0.2, 0.25) is 0 Å². The molecule has 3 heteroatoms. The Morgan fingerprint density at radius 3 is 1.79 bits per heavy atom. The molecule has 2 unspecified atom stereocenters. The van der Waals surface area contributed by atoms with Crippen molar-refractivity contribution in [1.29, 1.82) is 0 Å². The molecule has 0 saturated heterocycles. The zero-order chi connectivity index (χ0) is 22.3. The Morgan fingerprint density at radius 1 is 0.931 bits per heavy atom. The summed E-state index contributed by atoms with van der Waals surface area (Å²) in [5.41, 5.74) is 5.38. The molecule has 2 nitrogen and oxygen atoms in total. The van der Waals surface area contributed by atoms with Crippen LogP contribution in [0.1, 0.15) is 122 Å². The van der Waals surface area contributed by atoms with Crippen LogP contribution in [0.4, 0.5) is 0 Å². The summed E-state index contributed by atoms with van der Waals surface area (Å²) in [6, 6.07) is 4.71. The molecule has 1 fully saturated rings. The van der Waals surface area contributed by atoms with Gasteiger partial charge in [-0.3, -0.25) is 4.79 Å². The van der Waals surface area contributed by atoms with Crippen molar-refractivity contribution in [2.75, 3.05) is 0 Å². The van der Waals surface area contributed by atoms with E-state index < -0.39 is 4.87 Å². The summed E-state index contributed by atoms with van der Waals surface area (Å²) < 4.78 is 6.69. The van der Waals surface area contributed by atoms with E-state index in [4.69, 9.17) is 16.3 Å². The topological polar surface area (TPSA) is 26.3 Å². The van der Waals surface area contributed by atoms with E-state index >= 15 is 0 Å². The van der Waals surface area contributed by atoms with Crippen molar-refractivity contribution >= 4 is 17.4 Å². The Kier molecular flexibility index (Phi) is 7.66. The zero-order valence-corrected chi connectivity index (χ0v) is 20.9. The van der Waals surface area contributed by atoms with E-state index in [1.807, 2.05) is 6.92 Å². The maximum Gasteiger partial charge on any atom is 0.156 e. The smallest absolute Gasteiger partial charge is 0.156 e. The third-order valence-electron chi connectivity index (χ3n) is 6.68. The summed E-state index contributed by atoms with van der Waals surface area (Å²) in [5, 5.41) is 0. The Hall–Kier alpha value is -0.860. The molecule has 4 atom stereocenters. The fourth-order valence-corrected chi connectivity index (χ4v) is 4.95. The van der Waals surface area contributed by atoms with Gasteiger partial charge in [0.1, 0.15) is 4.87 Å². The van der Waals surface area contributed by atoms with Crippen LogP contribution in [0.2, 0.25) is 0 Å². The highest BCUT2D eigenvalue weighted by atomic mass is 35.5. The maximum absolute atomic E-state index is 12.6. The van der Waals surface area contributed by atoms with Crippen LogP contribution in [0.25, 0.3) is 0 Å². The average molecular weight is 421 g/mol. The average Bonchev–Trinajstić information content (AvgIpc) is 2.83. The molecule has 0 bridgehead atoms. The van der Waals surface area contributed by atoms with Gasteiger partial charge in [-0.2, -0.15) is 0 Å². The first kappa shape index (κ1) is 24.4. The van der Waals surface area contributed by atoms with Gasteiger partial charge in [0.05, 0.1) is 12.2 Å². The molecule has 1 aliphatic carbocycles. The van der Waals surface area contributed by atoms with E-state index in [1.54, 1.807) is 0 Å². The van der Waals surface area contributed by atoms with Crippen molar-refractivity contribution in [1.82, 2.24) is 0 Å². The highest BCUT2D eigenvalue weighted by Crippen LogP contribution is 2.46. The lowest BCUT2D eigenvalue weighted by molar-refractivity contribution is -0.121. The number of hydrogen-bond donors (Lipinski definition) is 0. The van der Waals surface area contributed by atoms with Crippen LogP contribution in [0.3, 0.4) is 0 Å². The second-order valence-corrected chi connectivity index (χ2v) is 11.2. The summed E-state index contributed by atoms with van der Waals surface area (Å²) in [5.74, 6) is 1.92. The largest absolute Gasteiger partial charge is 0.368 e. The molecule has 0 heterocycles. The van der Waals surface area contributed by atoms with Gasteiger partial charge < -0.3 is 4.74 Å². The highest BCUT2D eigenvalue weighted by Gasteiger charge is 2.53. The molecule has 1 aromatic carbocycles. The van der Waals surface area contributed by atoms with Crippen molar-refractivity contribution in [2.24, 2.45) is 11.8 Å². The number of rotatable bonds is 7. The van der Waals surface area contributed by atoms with Gasteiger partial charge in [-0.25, -0.2) is 0 Å². The molecular formula is C26H41ClO2. The molecule has 1 aliphatic rings. The Morgan fingerprint density at radius 2 is 1.41 bits per heavy atom. The maximum atomic E-state index is 12.6. The number of carbonyl (C=O) groups excluding carboxylic acids is 1. The molecule has 0 radical (unpaired) electrons. The van der Waals surface area contributed by atoms with Crippen molar-refractivity contribution in [3.8, 4) is 0 Å². The second kappa shape index (κ2) is 9.10. The molecule has 0 aromatic heterocycles. The normalized spacial score (nSPS) is 26.4. The number of hydrogen-bond acceptors (Lipinski definition) is 2. The van der Waals surface area contributed by atoms with Crippen LogP contribution in [0.15, 0.2) is 12.1 Å². The lowest BCUT2D eigenvalue weighted by Gasteiger charge is -2.34. The molecule has 0 aliphatic heterocycles. The number of carbonyl (C=O) groups is 1. The summed E-state index contributed by atoms with van der Waals surface area (Å²) in [6.45, 7) is 21.8. The third kappa shape index (κ3) is 4.90. The Bertz CT molecular complexity index is 701. The Labute approximate surface area is 183 Å². The molecule has 29 heavy (non-hydrogen) atoms. The first-order valence-corrected chi connectivity index (χ1v) is 11.7. The van der Waals surface area contributed by atoms with E-state index in [0.29, 0.717) is 30.1 Å². The molecule has 1 aromatic rings. The van der Waals surface area contributed by atoms with Crippen LogP contribution >= 0.6 is 11.6 Å². The van der Waals surface area contributed by atoms with E-state index in [1.165, 1.54) is 22.3 Å². The van der Waals surface area contributed by atoms with Crippen LogP contribution in [-0.2, 0) is 9.53 Å². The SMILES string of the molecule is CC(C)c1cc(C(C)C)c([C@H](C)OC2[C@@H](C(C)C)CC(=O)C2(C)Cl)c(C(C)C)c1. The minimum Gasteiger partial charge on any atom is -0.368 e. The number of alkyl halides is 1. The molecular weight excluding hydrogens is 380 g/mol. The number of ketones is 1. The summed E-state index contributed by atoms with van der Waals surface area (Å²) in [4.78, 5) is 11.6. The first-order chi connectivity index (χ1) is 13.3. The number of benzene rings is 1. The standard InChI is InChI=1S/C26H41ClO2/c1-14(2)19-11-20(15(3)4)24(21(12-19)16(5)6)18(9)29-25-22(17(7)8)13-23(28)26(25,10)27/h11-12,14-18,22,25H,13H2,1-10H3/t18-,22+,25?,26?/m0/s1. The van der Waals surface area contributed by atoms with Gasteiger partial charge in [0, 0.05) is 6.42 Å². The van der Waals surface area contributed by atoms with Gasteiger partial charge >= 0.3 is 0 Å².